The molecule has 2 rings (SSSR count). The summed E-state index contributed by atoms with van der Waals surface area (Å²) in [4.78, 5) is 13.9. The van der Waals surface area contributed by atoms with Gasteiger partial charge < -0.3 is 14.5 Å². The van der Waals surface area contributed by atoms with Crippen molar-refractivity contribution in [3.63, 3.8) is 0 Å². The van der Waals surface area contributed by atoms with Gasteiger partial charge in [-0.2, -0.15) is 0 Å². The van der Waals surface area contributed by atoms with Crippen LogP contribution in [0.25, 0.3) is 10.9 Å². The molecular weight excluding hydrogens is 218 g/mol. The van der Waals surface area contributed by atoms with Gasteiger partial charge in [0.15, 0.2) is 0 Å². The summed E-state index contributed by atoms with van der Waals surface area (Å²) in [5, 5.41) is 1.02. The van der Waals surface area contributed by atoms with E-state index >= 15 is 0 Å². The number of esters is 1. The van der Waals surface area contributed by atoms with Crippen molar-refractivity contribution in [3.05, 3.63) is 43.1 Å². The predicted octanol–water partition coefficient (Wildman–Crippen LogP) is 2.28. The maximum Gasteiger partial charge on any atom is 0.330 e. The topological polar surface area (TPSA) is 51.3 Å². The number of nitrogens with one attached hydrogen (secondary N) is 1. The highest BCUT2D eigenvalue weighted by atomic mass is 16.6. The van der Waals surface area contributed by atoms with Crippen LogP contribution < -0.4 is 4.74 Å². The van der Waals surface area contributed by atoms with E-state index in [2.05, 4.69) is 11.6 Å². The van der Waals surface area contributed by atoms with Gasteiger partial charge >= 0.3 is 5.97 Å². The van der Waals surface area contributed by atoms with E-state index in [4.69, 9.17) is 9.47 Å². The van der Waals surface area contributed by atoms with Crippen LogP contribution in [-0.2, 0) is 9.53 Å². The lowest BCUT2D eigenvalue weighted by molar-refractivity contribution is -0.138. The summed E-state index contributed by atoms with van der Waals surface area (Å²) in [5.41, 5.74) is 1.02. The number of hydrogen-bond acceptors (Lipinski definition) is 3. The van der Waals surface area contributed by atoms with Gasteiger partial charge in [0.2, 0.25) is 0 Å². The van der Waals surface area contributed by atoms with Crippen LogP contribution in [0.3, 0.4) is 0 Å². The van der Waals surface area contributed by atoms with Gasteiger partial charge in [-0.25, -0.2) is 4.79 Å². The highest BCUT2D eigenvalue weighted by molar-refractivity contribution is 5.85. The van der Waals surface area contributed by atoms with Crippen molar-refractivity contribution in [1.29, 1.82) is 0 Å². The van der Waals surface area contributed by atoms with Gasteiger partial charge in [0, 0.05) is 23.2 Å². The van der Waals surface area contributed by atoms with Crippen LogP contribution in [0.2, 0.25) is 0 Å². The quantitative estimate of drug-likeness (QED) is 0.488. The first kappa shape index (κ1) is 11.3. The molecule has 0 spiro atoms. The van der Waals surface area contributed by atoms with Crippen LogP contribution in [0, 0.1) is 0 Å². The molecule has 88 valence electrons. The molecule has 0 radical (unpaired) electrons. The van der Waals surface area contributed by atoms with E-state index in [-0.39, 0.29) is 6.61 Å². The van der Waals surface area contributed by atoms with Gasteiger partial charge in [0.25, 0.3) is 0 Å². The summed E-state index contributed by atoms with van der Waals surface area (Å²) in [7, 11) is 0. The SMILES string of the molecule is C=CC(=O)OCCOc1c[nH]c2ccccc12. The maximum atomic E-state index is 10.8. The molecule has 1 aromatic carbocycles. The third-order valence-corrected chi connectivity index (χ3v) is 2.30. The number of aromatic amines is 1. The van der Waals surface area contributed by atoms with Crippen molar-refractivity contribution >= 4 is 16.9 Å². The van der Waals surface area contributed by atoms with Crippen molar-refractivity contribution in [2.75, 3.05) is 13.2 Å². The summed E-state index contributed by atoms with van der Waals surface area (Å²) in [6.07, 6.45) is 2.92. The summed E-state index contributed by atoms with van der Waals surface area (Å²) in [6, 6.07) is 7.84. The molecule has 2 aromatic rings. The monoisotopic (exact) mass is 231 g/mol. The number of benzene rings is 1. The average molecular weight is 231 g/mol. The Balaban J connectivity index is 1.91. The molecular formula is C13H13NO3. The number of carbonyl (C=O) groups excluding carboxylic acids is 1. The Labute approximate surface area is 98.8 Å². The molecule has 0 amide bonds. The van der Waals surface area contributed by atoms with Gasteiger partial charge in [-0.1, -0.05) is 18.7 Å². The van der Waals surface area contributed by atoms with Crippen molar-refractivity contribution < 1.29 is 14.3 Å². The molecule has 0 aliphatic heterocycles. The molecule has 0 unspecified atom stereocenters. The van der Waals surface area contributed by atoms with E-state index in [1.165, 1.54) is 0 Å². The minimum atomic E-state index is -0.437. The molecule has 0 atom stereocenters. The molecule has 0 bridgehead atoms. The van der Waals surface area contributed by atoms with Crippen molar-refractivity contribution in [1.82, 2.24) is 4.98 Å². The number of fused-ring (bicyclic) bond motifs is 1. The molecule has 17 heavy (non-hydrogen) atoms. The van der Waals surface area contributed by atoms with Crippen molar-refractivity contribution in [2.24, 2.45) is 0 Å². The molecule has 0 aliphatic carbocycles. The average Bonchev–Trinajstić information content (AvgIpc) is 2.78. The van der Waals surface area contributed by atoms with Gasteiger partial charge in [0.1, 0.15) is 19.0 Å². The fourth-order valence-corrected chi connectivity index (χ4v) is 1.52. The fourth-order valence-electron chi connectivity index (χ4n) is 1.52. The normalized spacial score (nSPS) is 10.1. The molecule has 0 aliphatic rings. The Kier molecular flexibility index (Phi) is 3.45. The second-order valence-corrected chi connectivity index (χ2v) is 3.42. The Hall–Kier alpha value is -2.23. The highest BCUT2D eigenvalue weighted by Crippen LogP contribution is 2.24. The zero-order valence-electron chi connectivity index (χ0n) is 9.31. The summed E-state index contributed by atoms with van der Waals surface area (Å²) < 4.78 is 10.3. The molecule has 1 aromatic heterocycles. The number of hydrogen-bond donors (Lipinski definition) is 1. The molecule has 1 heterocycles. The van der Waals surface area contributed by atoms with Crippen LogP contribution in [0.5, 0.6) is 5.75 Å². The maximum absolute atomic E-state index is 10.8. The molecule has 0 saturated carbocycles. The first-order valence-electron chi connectivity index (χ1n) is 5.29. The zero-order chi connectivity index (χ0) is 12.1. The number of H-pyrrole nitrogens is 1. The van der Waals surface area contributed by atoms with E-state index < -0.39 is 5.97 Å². The van der Waals surface area contributed by atoms with Gasteiger partial charge in [-0.3, -0.25) is 0 Å². The third-order valence-electron chi connectivity index (χ3n) is 2.30. The van der Waals surface area contributed by atoms with Crippen LogP contribution in [-0.4, -0.2) is 24.2 Å². The van der Waals surface area contributed by atoms with E-state index in [0.717, 1.165) is 22.7 Å². The number of carbonyl (C=O) groups is 1. The van der Waals surface area contributed by atoms with Gasteiger partial charge in [-0.15, -0.1) is 0 Å². The van der Waals surface area contributed by atoms with E-state index in [9.17, 15) is 4.79 Å². The second-order valence-electron chi connectivity index (χ2n) is 3.42. The fraction of sp³-hybridized carbons (Fsp3) is 0.154. The zero-order valence-corrected chi connectivity index (χ0v) is 9.31. The number of para-hydroxylation sites is 1. The Morgan fingerprint density at radius 1 is 1.35 bits per heavy atom. The first-order valence-corrected chi connectivity index (χ1v) is 5.29. The molecule has 1 N–H and O–H groups in total. The van der Waals surface area contributed by atoms with Crippen molar-refractivity contribution in [3.8, 4) is 5.75 Å². The Morgan fingerprint density at radius 3 is 3.00 bits per heavy atom. The molecule has 4 nitrogen and oxygen atoms in total. The van der Waals surface area contributed by atoms with E-state index in [1.54, 1.807) is 6.20 Å². The predicted molar refractivity (Wildman–Crippen MR) is 64.9 cm³/mol. The lowest BCUT2D eigenvalue weighted by atomic mass is 10.2. The Bertz CT molecular complexity index is 530. The van der Waals surface area contributed by atoms with Crippen molar-refractivity contribution in [2.45, 2.75) is 0 Å². The minimum Gasteiger partial charge on any atom is -0.488 e. The van der Waals surface area contributed by atoms with Crippen LogP contribution in [0.1, 0.15) is 0 Å². The number of ether oxygens (including phenoxy) is 2. The third kappa shape index (κ3) is 2.66. The van der Waals surface area contributed by atoms with Crippen LogP contribution in [0.15, 0.2) is 43.1 Å². The summed E-state index contributed by atoms with van der Waals surface area (Å²) in [5.74, 6) is 0.322. The standard InChI is InChI=1S/C13H13NO3/c1-2-13(15)17-8-7-16-12-9-14-11-6-4-3-5-10(11)12/h2-6,9,14H,1,7-8H2. The van der Waals surface area contributed by atoms with Crippen LogP contribution >= 0.6 is 0 Å². The first-order chi connectivity index (χ1) is 8.31. The molecule has 0 saturated heterocycles. The van der Waals surface area contributed by atoms with Gasteiger partial charge in [-0.05, 0) is 12.1 Å². The minimum absolute atomic E-state index is 0.213. The largest absolute Gasteiger partial charge is 0.488 e. The van der Waals surface area contributed by atoms with E-state index in [0.29, 0.717) is 6.61 Å². The Morgan fingerprint density at radius 2 is 2.18 bits per heavy atom. The molecule has 0 fully saturated rings. The smallest absolute Gasteiger partial charge is 0.330 e. The van der Waals surface area contributed by atoms with Gasteiger partial charge in [0.05, 0.1) is 0 Å². The lowest BCUT2D eigenvalue weighted by Crippen LogP contribution is -2.09. The summed E-state index contributed by atoms with van der Waals surface area (Å²) >= 11 is 0. The highest BCUT2D eigenvalue weighted by Gasteiger charge is 2.03. The van der Waals surface area contributed by atoms with Crippen LogP contribution in [0.4, 0.5) is 0 Å². The number of aromatic nitrogens is 1. The molecule has 4 heteroatoms. The summed E-state index contributed by atoms with van der Waals surface area (Å²) in [6.45, 7) is 3.84. The lowest BCUT2D eigenvalue weighted by Gasteiger charge is -2.04. The second kappa shape index (κ2) is 5.21. The van der Waals surface area contributed by atoms with E-state index in [1.807, 2.05) is 24.3 Å². The number of rotatable bonds is 5.